The Labute approximate surface area is 481 Å². The average Bonchev–Trinajstić information content (AvgIpc) is 3.51. The third-order valence-corrected chi connectivity index (χ3v) is 22.1. The molecule has 1 fully saturated rings. The van der Waals surface area contributed by atoms with Crippen LogP contribution in [0.1, 0.15) is 169 Å². The number of ether oxygens (including phenoxy) is 1. The summed E-state index contributed by atoms with van der Waals surface area (Å²) in [6, 6.07) is 0. The highest BCUT2D eigenvalue weighted by molar-refractivity contribution is 5.43. The first kappa shape index (κ1) is 56.4. The molecule has 11 rings (SSSR count). The Morgan fingerprint density at radius 2 is 1.35 bits per heavy atom. The van der Waals surface area contributed by atoms with Crippen molar-refractivity contribution in [3.63, 3.8) is 0 Å². The zero-order valence-corrected chi connectivity index (χ0v) is 49.8. The largest absolute Gasteiger partial charge is 0.377 e. The number of hydrogen-bond donors (Lipinski definition) is 0. The van der Waals surface area contributed by atoms with E-state index in [0.717, 1.165) is 48.9 Å². The molecule has 0 radical (unpaired) electrons. The van der Waals surface area contributed by atoms with Crippen LogP contribution < -0.4 is 0 Å². The van der Waals surface area contributed by atoms with Crippen molar-refractivity contribution in [3.8, 4) is 0 Å². The van der Waals surface area contributed by atoms with E-state index in [4.69, 9.17) is 4.74 Å². The monoisotopic (exact) mass is 1050 g/mol. The van der Waals surface area contributed by atoms with E-state index in [1.807, 2.05) is 7.11 Å². The van der Waals surface area contributed by atoms with Gasteiger partial charge in [0.1, 0.15) is 0 Å². The quantitative estimate of drug-likeness (QED) is 0.149. The maximum absolute atomic E-state index is 5.68. The second-order valence-electron chi connectivity index (χ2n) is 27.5. The van der Waals surface area contributed by atoms with Crippen molar-refractivity contribution in [1.82, 2.24) is 0 Å². The van der Waals surface area contributed by atoms with Crippen molar-refractivity contribution in [2.24, 2.45) is 94.7 Å². The van der Waals surface area contributed by atoms with Gasteiger partial charge in [0.15, 0.2) is 0 Å². The summed E-state index contributed by atoms with van der Waals surface area (Å²) in [5, 5.41) is 0. The lowest BCUT2D eigenvalue weighted by atomic mass is 9.64. The minimum Gasteiger partial charge on any atom is -0.377 e. The predicted octanol–water partition coefficient (Wildman–Crippen LogP) is 21.1. The van der Waals surface area contributed by atoms with Crippen LogP contribution in [0.5, 0.6) is 0 Å². The molecule has 0 N–H and O–H groups in total. The van der Waals surface area contributed by atoms with E-state index in [-0.39, 0.29) is 6.10 Å². The third-order valence-electron chi connectivity index (χ3n) is 22.1. The lowest BCUT2D eigenvalue weighted by molar-refractivity contribution is 0.137. The predicted molar refractivity (Wildman–Crippen MR) is 338 cm³/mol. The van der Waals surface area contributed by atoms with Gasteiger partial charge in [-0.15, -0.1) is 0 Å². The van der Waals surface area contributed by atoms with Gasteiger partial charge in [-0.05, 0) is 266 Å². The number of rotatable bonds is 15. The SMILES string of the molecule is COC1C=CC(C2CCC(C3CC(C4C=CC(C5C=CC(/C(=C/C6C=CC(C)=CC6)C6=CC=C(C)CC6)CC5)CC4)C=CCC(C4C=CC(C5C=CC(CCC(C6=CCC(C)C=C6)C6C=CC(C)CC6)=CC5)=CC4)C3)CC2)=CC1. The summed E-state index contributed by atoms with van der Waals surface area (Å²) >= 11 is 0. The van der Waals surface area contributed by atoms with Crippen molar-refractivity contribution >= 4 is 0 Å². The van der Waals surface area contributed by atoms with Crippen LogP contribution in [0.4, 0.5) is 0 Å². The van der Waals surface area contributed by atoms with E-state index in [2.05, 4.69) is 186 Å². The molecule has 0 bridgehead atoms. The summed E-state index contributed by atoms with van der Waals surface area (Å²) in [5.41, 5.74) is 12.4. The van der Waals surface area contributed by atoms with Gasteiger partial charge in [-0.2, -0.15) is 0 Å². The van der Waals surface area contributed by atoms with E-state index >= 15 is 0 Å². The Hall–Kier alpha value is -4.46. The molecule has 0 spiro atoms. The third kappa shape index (κ3) is 14.6. The van der Waals surface area contributed by atoms with Gasteiger partial charge in [0.2, 0.25) is 0 Å². The van der Waals surface area contributed by atoms with Crippen LogP contribution in [0, 0.1) is 94.7 Å². The van der Waals surface area contributed by atoms with Crippen molar-refractivity contribution in [3.05, 3.63) is 203 Å². The summed E-state index contributed by atoms with van der Waals surface area (Å²) in [6.07, 6.45) is 94.5. The van der Waals surface area contributed by atoms with Crippen molar-refractivity contribution in [2.75, 3.05) is 7.11 Å². The molecule has 0 saturated heterocycles. The zero-order chi connectivity index (χ0) is 54.1. The molecule has 0 heterocycles. The summed E-state index contributed by atoms with van der Waals surface area (Å²) in [4.78, 5) is 0. The van der Waals surface area contributed by atoms with Gasteiger partial charge in [0, 0.05) is 18.9 Å². The smallest absolute Gasteiger partial charge is 0.0789 e. The van der Waals surface area contributed by atoms with Crippen molar-refractivity contribution < 1.29 is 4.74 Å². The van der Waals surface area contributed by atoms with Gasteiger partial charge in [0.25, 0.3) is 0 Å². The molecule has 420 valence electrons. The molecular formula is C78H102O. The second kappa shape index (κ2) is 27.1. The fourth-order valence-corrected chi connectivity index (χ4v) is 16.8. The standard InChI is InChI=1S/C78H102O/c1-54-9-17-59(18-10-54)51-78(71-26-15-57(4)16-27-71)72-44-42-64(43-45-72)62-32-38-67(39-33-62)74-8-6-7-73(52-75(53-74)68-40-34-63(35-41-68)65-46-48-76(79-5)49-47-65)66-36-30-61(31-37-66)60-28-19-58(20-29-60)21-50-77(69-22-11-55(2)12-23-69)70-24-13-56(3)14-25-70/h6,8-11,13,15,17,19-20,22-24,26,28,30-32,36,38,42,44,46-48,51,55-56,59-60,62-64,66-68,70,72-77H,7,12,14,16,18,21,25,27,29,33-35,37,39-41,43,45,49-50,52-53H2,1-5H3/b8-6?,78-51+. The molecule has 0 aromatic heterocycles. The van der Waals surface area contributed by atoms with Gasteiger partial charge < -0.3 is 4.74 Å². The van der Waals surface area contributed by atoms with E-state index in [1.165, 1.54) is 133 Å². The van der Waals surface area contributed by atoms with Crippen LogP contribution in [0.15, 0.2) is 203 Å². The highest BCUT2D eigenvalue weighted by atomic mass is 16.5. The van der Waals surface area contributed by atoms with Gasteiger partial charge in [0.05, 0.1) is 6.10 Å². The van der Waals surface area contributed by atoms with E-state index < -0.39 is 0 Å². The molecule has 11 aliphatic carbocycles. The van der Waals surface area contributed by atoms with Crippen LogP contribution in [-0.2, 0) is 4.74 Å². The first-order valence-corrected chi connectivity index (χ1v) is 32.9. The highest BCUT2D eigenvalue weighted by Crippen LogP contribution is 2.49. The molecular weight excluding hydrogens is 953 g/mol. The molecule has 79 heavy (non-hydrogen) atoms. The Kier molecular flexibility index (Phi) is 19.3. The Morgan fingerprint density at radius 1 is 0.544 bits per heavy atom. The Balaban J connectivity index is 0.724. The molecule has 15 unspecified atom stereocenters. The lowest BCUT2D eigenvalue weighted by Gasteiger charge is -2.41. The molecule has 0 amide bonds. The number of hydrogen-bond acceptors (Lipinski definition) is 1. The fourth-order valence-electron chi connectivity index (χ4n) is 16.8. The van der Waals surface area contributed by atoms with Crippen LogP contribution in [0.25, 0.3) is 0 Å². The highest BCUT2D eigenvalue weighted by Gasteiger charge is 2.37. The van der Waals surface area contributed by atoms with Gasteiger partial charge in [-0.25, -0.2) is 0 Å². The summed E-state index contributed by atoms with van der Waals surface area (Å²) in [5.74, 6) is 10.7. The molecule has 1 heteroatoms. The maximum Gasteiger partial charge on any atom is 0.0789 e. The number of allylic oxidation sites excluding steroid dienone is 32. The normalized spacial score (nSPS) is 38.2. The average molecular weight is 1060 g/mol. The summed E-state index contributed by atoms with van der Waals surface area (Å²) in [7, 11) is 1.85. The number of methoxy groups -OCH3 is 1. The Bertz CT molecular complexity index is 2670. The second-order valence-corrected chi connectivity index (χ2v) is 27.5. The topological polar surface area (TPSA) is 9.23 Å². The van der Waals surface area contributed by atoms with Gasteiger partial charge >= 0.3 is 0 Å². The first-order valence-electron chi connectivity index (χ1n) is 32.9. The van der Waals surface area contributed by atoms with Crippen molar-refractivity contribution in [1.29, 1.82) is 0 Å². The van der Waals surface area contributed by atoms with Crippen LogP contribution in [0.2, 0.25) is 0 Å². The van der Waals surface area contributed by atoms with E-state index in [0.29, 0.717) is 65.1 Å². The maximum atomic E-state index is 5.68. The molecule has 0 aliphatic heterocycles. The molecule has 0 aromatic rings. The van der Waals surface area contributed by atoms with Crippen LogP contribution >= 0.6 is 0 Å². The zero-order valence-electron chi connectivity index (χ0n) is 49.8. The molecule has 0 aromatic carbocycles. The minimum absolute atomic E-state index is 0.252. The molecule has 15 atom stereocenters. The van der Waals surface area contributed by atoms with Gasteiger partial charge in [-0.1, -0.05) is 189 Å². The minimum atomic E-state index is 0.252. The van der Waals surface area contributed by atoms with Gasteiger partial charge in [-0.3, -0.25) is 0 Å². The Morgan fingerprint density at radius 3 is 2.00 bits per heavy atom. The fraction of sp³-hybridized carbons (Fsp3) is 0.564. The molecule has 1 saturated carbocycles. The summed E-state index contributed by atoms with van der Waals surface area (Å²) < 4.78 is 5.68. The molecule has 11 aliphatic rings. The van der Waals surface area contributed by atoms with Crippen molar-refractivity contribution in [2.45, 2.75) is 175 Å². The van der Waals surface area contributed by atoms with Crippen LogP contribution in [-0.4, -0.2) is 13.2 Å². The van der Waals surface area contributed by atoms with E-state index in [1.54, 1.807) is 33.4 Å². The summed E-state index contributed by atoms with van der Waals surface area (Å²) in [6.45, 7) is 9.27. The lowest BCUT2D eigenvalue weighted by Crippen LogP contribution is -2.31. The van der Waals surface area contributed by atoms with E-state index in [9.17, 15) is 0 Å². The first-order chi connectivity index (χ1) is 38.7. The molecule has 1 nitrogen and oxygen atoms in total. The van der Waals surface area contributed by atoms with Crippen LogP contribution in [0.3, 0.4) is 0 Å².